The van der Waals surface area contributed by atoms with Gasteiger partial charge in [0.25, 0.3) is 0 Å². The zero-order valence-corrected chi connectivity index (χ0v) is 41.3. The topological polar surface area (TPSA) is 253 Å². The van der Waals surface area contributed by atoms with Crippen molar-refractivity contribution >= 4 is 46.4 Å². The number of piperazine rings is 1. The van der Waals surface area contributed by atoms with Gasteiger partial charge in [0.1, 0.15) is 31.0 Å². The Kier molecular flexibility index (Phi) is 16.6. The Labute approximate surface area is 416 Å². The molecule has 20 nitrogen and oxygen atoms in total. The maximum atomic E-state index is 14.0. The van der Waals surface area contributed by atoms with E-state index in [0.717, 1.165) is 46.0 Å². The second kappa shape index (κ2) is 23.1. The molecule has 3 saturated heterocycles. The number of carbonyl (C=O) groups is 3. The van der Waals surface area contributed by atoms with E-state index in [1.807, 2.05) is 69.6 Å². The van der Waals surface area contributed by atoms with Gasteiger partial charge in [0.05, 0.1) is 79.0 Å². The van der Waals surface area contributed by atoms with Crippen molar-refractivity contribution in [3.8, 4) is 33.3 Å². The third kappa shape index (κ3) is 12.7. The number of hydrogen-bond donors (Lipinski definition) is 5. The Balaban J connectivity index is 0.704. The lowest BCUT2D eigenvalue weighted by atomic mass is 9.85. The van der Waals surface area contributed by atoms with Gasteiger partial charge in [-0.05, 0) is 54.5 Å². The number of aliphatic hydroxyl groups excluding tert-OH is 1. The number of phenols is 1. The van der Waals surface area contributed by atoms with E-state index in [9.17, 15) is 24.6 Å². The summed E-state index contributed by atoms with van der Waals surface area (Å²) < 4.78 is 22.8. The molecule has 8 rings (SSSR count). The highest BCUT2D eigenvalue weighted by molar-refractivity contribution is 7.13. The van der Waals surface area contributed by atoms with Crippen LogP contribution in [0.5, 0.6) is 11.6 Å². The summed E-state index contributed by atoms with van der Waals surface area (Å²) in [4.78, 5) is 60.9. The number of hydrogen-bond acceptors (Lipinski definition) is 18. The minimum Gasteiger partial charge on any atom is -0.507 e. The highest BCUT2D eigenvalue weighted by atomic mass is 32.1. The fraction of sp³-hybridized carbons (Fsp3) is 0.480. The molecule has 3 amide bonds. The number of amides is 3. The van der Waals surface area contributed by atoms with E-state index in [1.165, 1.54) is 4.90 Å². The number of para-hydroxylation sites is 1. The standard InChI is InChI=1S/C50H63N11O9S/c1-31-45(71-30-54-31)33-11-9-32(10-12-33)23-53-48(65)40-21-36(62)28-60(40)49(66)46(50(2,3)4)56-43(64)29-69-18-17-67-15-16-68-19-20-70-44-25-52-24-42(55-44)61-34-13-14-35(61)27-59(26-34)39-22-38(57-58-47(39)51)37-7-5-6-8-41(37)63/h5-12,22,24-25,30,34-36,40,46,62-63H,13-21,23,26-29H2,1-4H3,(H2,51,58)(H,53,65)(H,56,64)/t34?,35?,36-,40+,46-/m1/s1. The molecule has 5 aromatic rings. The Hall–Kier alpha value is -6.52. The highest BCUT2D eigenvalue weighted by Crippen LogP contribution is 2.39. The first kappa shape index (κ1) is 50.9. The van der Waals surface area contributed by atoms with Crippen LogP contribution < -0.4 is 30.9 Å². The summed E-state index contributed by atoms with van der Waals surface area (Å²) in [6, 6.07) is 15.3. The first-order valence-electron chi connectivity index (χ1n) is 23.9. The molecule has 2 bridgehead atoms. The van der Waals surface area contributed by atoms with Crippen LogP contribution in [0.1, 0.15) is 51.3 Å². The predicted molar refractivity (Wildman–Crippen MR) is 267 cm³/mol. The number of β-amino-alcohol motifs (C(OH)–C–C–N with tert-alkyl or cyclic N) is 1. The average molecular weight is 994 g/mol. The van der Waals surface area contributed by atoms with Crippen molar-refractivity contribution in [2.24, 2.45) is 5.41 Å². The third-order valence-electron chi connectivity index (χ3n) is 12.8. The highest BCUT2D eigenvalue weighted by Gasteiger charge is 2.45. The number of rotatable bonds is 21. The summed E-state index contributed by atoms with van der Waals surface area (Å²) in [5.41, 5.74) is 12.3. The second-order valence-corrected chi connectivity index (χ2v) is 19.9. The van der Waals surface area contributed by atoms with Gasteiger partial charge in [-0.15, -0.1) is 21.5 Å². The van der Waals surface area contributed by atoms with Crippen LogP contribution in [0.2, 0.25) is 0 Å². The fourth-order valence-electron chi connectivity index (χ4n) is 9.27. The number of thiazole rings is 1. The van der Waals surface area contributed by atoms with E-state index in [2.05, 4.69) is 40.6 Å². The van der Waals surface area contributed by atoms with Crippen molar-refractivity contribution in [2.75, 3.05) is 81.4 Å². The molecular weight excluding hydrogens is 931 g/mol. The number of nitrogens with zero attached hydrogens (tertiary/aromatic N) is 8. The van der Waals surface area contributed by atoms with Gasteiger partial charge in [0.2, 0.25) is 23.6 Å². The number of ether oxygens (including phenoxy) is 4. The van der Waals surface area contributed by atoms with Crippen LogP contribution in [-0.4, -0.2) is 154 Å². The number of aliphatic hydroxyl groups is 1. The van der Waals surface area contributed by atoms with Gasteiger partial charge < -0.3 is 60.2 Å². The van der Waals surface area contributed by atoms with Crippen LogP contribution in [-0.2, 0) is 35.1 Å². The van der Waals surface area contributed by atoms with Gasteiger partial charge >= 0.3 is 0 Å². The smallest absolute Gasteiger partial charge is 0.246 e. The summed E-state index contributed by atoms with van der Waals surface area (Å²) in [6.45, 7) is 10.3. The van der Waals surface area contributed by atoms with E-state index < -0.39 is 35.4 Å². The number of nitrogens with one attached hydrogen (secondary N) is 2. The van der Waals surface area contributed by atoms with Gasteiger partial charge in [-0.3, -0.25) is 19.4 Å². The second-order valence-electron chi connectivity index (χ2n) is 19.0. The number of benzene rings is 2. The fourth-order valence-corrected chi connectivity index (χ4v) is 10.1. The quantitative estimate of drug-likeness (QED) is 0.0657. The maximum Gasteiger partial charge on any atom is 0.246 e. The molecule has 71 heavy (non-hydrogen) atoms. The molecule has 0 spiro atoms. The van der Waals surface area contributed by atoms with Crippen molar-refractivity contribution in [1.29, 1.82) is 0 Å². The molecular formula is C50H63N11O9S. The van der Waals surface area contributed by atoms with Gasteiger partial charge in [0, 0.05) is 50.2 Å². The molecule has 3 fully saturated rings. The number of carbonyl (C=O) groups excluding carboxylic acids is 3. The molecule has 0 saturated carbocycles. The number of likely N-dealkylation sites (tertiary alicyclic amines) is 1. The van der Waals surface area contributed by atoms with Crippen molar-refractivity contribution < 1.29 is 43.5 Å². The summed E-state index contributed by atoms with van der Waals surface area (Å²) in [5, 5.41) is 35.1. The minimum absolute atomic E-state index is 0.0224. The molecule has 3 aliphatic heterocycles. The molecule has 3 aromatic heterocycles. The first-order valence-corrected chi connectivity index (χ1v) is 24.8. The van der Waals surface area contributed by atoms with E-state index in [0.29, 0.717) is 55.9 Å². The van der Waals surface area contributed by atoms with Crippen molar-refractivity contribution in [3.05, 3.63) is 83.8 Å². The van der Waals surface area contributed by atoms with Gasteiger partial charge in [-0.1, -0.05) is 57.2 Å². The lowest BCUT2D eigenvalue weighted by Crippen LogP contribution is -2.58. The SMILES string of the molecule is Cc1ncsc1-c1ccc(CNC(=O)[C@@H]2C[C@@H](O)CN2C(=O)[C@@H](NC(=O)COCCOCCOCCOc2cncc(N3C4CCC3CN(c3cc(-c5ccccc5O)nnc3N)C4)n2)C(C)(C)C)cc1. The van der Waals surface area contributed by atoms with E-state index in [4.69, 9.17) is 29.7 Å². The van der Waals surface area contributed by atoms with Crippen LogP contribution >= 0.6 is 11.3 Å². The van der Waals surface area contributed by atoms with Crippen LogP contribution in [0.3, 0.4) is 0 Å². The zero-order chi connectivity index (χ0) is 50.1. The molecule has 0 radical (unpaired) electrons. The number of aryl methyl sites for hydroxylation is 1. The van der Waals surface area contributed by atoms with Crippen molar-refractivity contribution in [3.63, 3.8) is 0 Å². The molecule has 2 unspecified atom stereocenters. The Morgan fingerprint density at radius 2 is 1.62 bits per heavy atom. The van der Waals surface area contributed by atoms with E-state index in [1.54, 1.807) is 41.9 Å². The molecule has 3 aliphatic rings. The lowest BCUT2D eigenvalue weighted by molar-refractivity contribution is -0.144. The molecule has 6 N–H and O–H groups in total. The monoisotopic (exact) mass is 993 g/mol. The molecule has 378 valence electrons. The Bertz CT molecular complexity index is 2600. The van der Waals surface area contributed by atoms with E-state index >= 15 is 0 Å². The summed E-state index contributed by atoms with van der Waals surface area (Å²) in [6.07, 6.45) is 4.53. The summed E-state index contributed by atoms with van der Waals surface area (Å²) in [5.74, 6) is 0.300. The summed E-state index contributed by atoms with van der Waals surface area (Å²) >= 11 is 1.57. The van der Waals surface area contributed by atoms with Crippen LogP contribution in [0.25, 0.3) is 21.7 Å². The Morgan fingerprint density at radius 3 is 2.31 bits per heavy atom. The Morgan fingerprint density at radius 1 is 0.915 bits per heavy atom. The molecule has 0 aliphatic carbocycles. The number of nitrogens with two attached hydrogens (primary N) is 1. The van der Waals surface area contributed by atoms with Gasteiger partial charge in [0.15, 0.2) is 11.6 Å². The molecule has 6 heterocycles. The van der Waals surface area contributed by atoms with E-state index in [-0.39, 0.29) is 69.7 Å². The zero-order valence-electron chi connectivity index (χ0n) is 40.5. The number of anilines is 3. The molecule has 2 aromatic carbocycles. The number of nitrogen functional groups attached to an aromatic ring is 1. The predicted octanol–water partition coefficient (Wildman–Crippen LogP) is 3.75. The summed E-state index contributed by atoms with van der Waals surface area (Å²) in [7, 11) is 0. The molecule has 21 heteroatoms. The normalized spacial score (nSPS) is 19.2. The largest absolute Gasteiger partial charge is 0.507 e. The minimum atomic E-state index is -0.975. The number of aromatic hydroxyl groups is 1. The number of aromatic nitrogens is 5. The van der Waals surface area contributed by atoms with Gasteiger partial charge in [-0.25, -0.2) is 4.98 Å². The van der Waals surface area contributed by atoms with Crippen molar-refractivity contribution in [1.82, 2.24) is 40.7 Å². The van der Waals surface area contributed by atoms with Crippen molar-refractivity contribution in [2.45, 2.75) is 83.8 Å². The lowest BCUT2D eigenvalue weighted by Gasteiger charge is -2.42. The first-order chi connectivity index (χ1) is 34.2. The number of fused-ring (bicyclic) bond motifs is 2. The maximum absolute atomic E-state index is 14.0. The average Bonchev–Trinajstić information content (AvgIpc) is 4.05. The van der Waals surface area contributed by atoms with Crippen LogP contribution in [0.15, 0.2) is 72.5 Å². The van der Waals surface area contributed by atoms with Gasteiger partial charge in [-0.2, -0.15) is 4.98 Å². The third-order valence-corrected chi connectivity index (χ3v) is 13.8. The number of phenolic OH excluding ortho intramolecular Hbond substituents is 1. The van der Waals surface area contributed by atoms with Crippen LogP contribution in [0.4, 0.5) is 17.3 Å². The van der Waals surface area contributed by atoms with Crippen LogP contribution in [0, 0.1) is 12.3 Å². The molecule has 5 atom stereocenters.